The predicted octanol–water partition coefficient (Wildman–Crippen LogP) is 6.88. The van der Waals surface area contributed by atoms with Crippen molar-refractivity contribution in [3.63, 3.8) is 0 Å². The van der Waals surface area contributed by atoms with Gasteiger partial charge in [0.05, 0.1) is 11.6 Å². The zero-order chi connectivity index (χ0) is 35.0. The van der Waals surface area contributed by atoms with Gasteiger partial charge in [0, 0.05) is 11.3 Å². The van der Waals surface area contributed by atoms with E-state index in [1.807, 2.05) is 31.2 Å². The second kappa shape index (κ2) is 14.1. The third-order valence-corrected chi connectivity index (χ3v) is 11.5. The molecule has 4 N–H and O–H groups in total. The lowest BCUT2D eigenvalue weighted by Gasteiger charge is -2.46. The number of nitrogens with one attached hydrogen (secondary N) is 1. The Hall–Kier alpha value is -3.63. The minimum Gasteiger partial charge on any atom is -0.477 e. The Labute approximate surface area is 282 Å². The summed E-state index contributed by atoms with van der Waals surface area (Å²) >= 11 is 0. The molecule has 0 spiro atoms. The van der Waals surface area contributed by atoms with Crippen molar-refractivity contribution in [2.24, 2.45) is 29.4 Å². The van der Waals surface area contributed by atoms with E-state index in [9.17, 15) is 28.7 Å². The molecule has 2 aromatic rings. The Morgan fingerprint density at radius 1 is 1.06 bits per heavy atom. The summed E-state index contributed by atoms with van der Waals surface area (Å²) in [7, 11) is 0. The number of ether oxygens (including phenoxy) is 1. The first-order valence-electron chi connectivity index (χ1n) is 17.8. The molecule has 1 saturated heterocycles. The van der Waals surface area contributed by atoms with E-state index in [0.29, 0.717) is 49.6 Å². The number of alkyl carbamates (subject to hydrolysis) is 1. The average Bonchev–Trinajstić information content (AvgIpc) is 3.56. The molecule has 0 radical (unpaired) electrons. The molecule has 264 valence electrons. The summed E-state index contributed by atoms with van der Waals surface area (Å²) in [5, 5.41) is 14.0. The van der Waals surface area contributed by atoms with Crippen LogP contribution in [0.25, 0.3) is 10.9 Å². The fraction of sp³-hybridized carbons (Fsp3) is 0.676. The standard InChI is InChI=1S/C37H53FN4O6/c1-6-37(34(39)46)27(23-12-8-7-9-13-23)20-30(41-29-15-11-10-14-26(29)22(2)31(41)33(44)45)42(37)32(43)25-18-16-24(17-19-25)28(21-38)40-35(47)48-36(3,4)5/h10-11,14-15,23-25,27-28,30H,6-9,12-13,16-21H2,1-5H3,(H2,39,46)(H,40,47)(H,44,45)/t24-,25-,27-,28?,30?,37-/m0/s1. The van der Waals surface area contributed by atoms with Crippen molar-refractivity contribution in [2.45, 2.75) is 129 Å². The van der Waals surface area contributed by atoms with E-state index in [2.05, 4.69) is 5.32 Å². The van der Waals surface area contributed by atoms with E-state index >= 15 is 0 Å². The maximum atomic E-state index is 15.0. The van der Waals surface area contributed by atoms with Crippen molar-refractivity contribution < 1.29 is 33.4 Å². The number of aromatic carboxylic acids is 1. The summed E-state index contributed by atoms with van der Waals surface area (Å²) < 4.78 is 21.3. The largest absolute Gasteiger partial charge is 0.477 e. The highest BCUT2D eigenvalue weighted by molar-refractivity contribution is 5.99. The summed E-state index contributed by atoms with van der Waals surface area (Å²) in [6.07, 6.45) is 6.37. The van der Waals surface area contributed by atoms with E-state index < -0.39 is 53.9 Å². The van der Waals surface area contributed by atoms with Gasteiger partial charge in [0.2, 0.25) is 11.8 Å². The highest BCUT2D eigenvalue weighted by atomic mass is 19.1. The van der Waals surface area contributed by atoms with Gasteiger partial charge < -0.3 is 30.4 Å². The lowest BCUT2D eigenvalue weighted by Crippen LogP contribution is -2.62. The number of aromatic nitrogens is 1. The highest BCUT2D eigenvalue weighted by Gasteiger charge is 2.61. The number of rotatable bonds is 9. The number of carboxylic acid groups (broad SMARTS) is 1. The fourth-order valence-electron chi connectivity index (χ4n) is 9.27. The van der Waals surface area contributed by atoms with Crippen molar-refractivity contribution in [1.82, 2.24) is 14.8 Å². The van der Waals surface area contributed by atoms with Gasteiger partial charge in [-0.25, -0.2) is 14.0 Å². The summed E-state index contributed by atoms with van der Waals surface area (Å²) in [4.78, 5) is 55.9. The topological polar surface area (TPSA) is 144 Å². The summed E-state index contributed by atoms with van der Waals surface area (Å²) in [6, 6.07) is 6.76. The molecule has 3 fully saturated rings. The van der Waals surface area contributed by atoms with Gasteiger partial charge in [-0.2, -0.15) is 0 Å². The lowest BCUT2D eigenvalue weighted by molar-refractivity contribution is -0.155. The number of halogens is 1. The summed E-state index contributed by atoms with van der Waals surface area (Å²) in [5.74, 6) is -2.52. The van der Waals surface area contributed by atoms with E-state index in [-0.39, 0.29) is 29.4 Å². The van der Waals surface area contributed by atoms with Crippen LogP contribution >= 0.6 is 0 Å². The Morgan fingerprint density at radius 3 is 2.27 bits per heavy atom. The molecule has 11 heteroatoms. The minimum atomic E-state index is -1.28. The molecule has 4 atom stereocenters. The number of amides is 3. The Morgan fingerprint density at radius 2 is 1.71 bits per heavy atom. The van der Waals surface area contributed by atoms with Crippen LogP contribution in [-0.2, 0) is 14.3 Å². The first kappa shape index (κ1) is 35.7. The van der Waals surface area contributed by atoms with E-state index in [4.69, 9.17) is 10.5 Å². The number of nitrogens with zero attached hydrogens (tertiary/aromatic N) is 2. The molecule has 5 rings (SSSR count). The molecule has 48 heavy (non-hydrogen) atoms. The van der Waals surface area contributed by atoms with Crippen molar-refractivity contribution >= 4 is 34.8 Å². The second-order valence-corrected chi connectivity index (χ2v) is 15.3. The number of fused-ring (bicyclic) bond motifs is 1. The van der Waals surface area contributed by atoms with E-state index in [1.165, 1.54) is 0 Å². The normalized spacial score (nSPS) is 27.5. The van der Waals surface area contributed by atoms with Crippen LogP contribution in [0.3, 0.4) is 0 Å². The molecule has 1 aromatic carbocycles. The van der Waals surface area contributed by atoms with Gasteiger partial charge in [0.1, 0.15) is 29.7 Å². The minimum absolute atomic E-state index is 0.112. The van der Waals surface area contributed by atoms with Crippen molar-refractivity contribution in [1.29, 1.82) is 0 Å². The molecular formula is C37H53FN4O6. The SMILES string of the molecule is CC[C@@]1(C(N)=O)[C@H](C2CCCCC2)CC(n2c(C(=O)O)c(C)c3ccccc32)N1C(=O)[C@H]1CC[C@H](C(CF)NC(=O)OC(C)(C)C)CC1. The van der Waals surface area contributed by atoms with Gasteiger partial charge in [0.25, 0.3) is 0 Å². The number of para-hydroxylation sites is 1. The van der Waals surface area contributed by atoms with Crippen LogP contribution in [0.5, 0.6) is 0 Å². The van der Waals surface area contributed by atoms with Crippen molar-refractivity contribution in [3.05, 3.63) is 35.5 Å². The molecule has 3 aliphatic rings. The van der Waals surface area contributed by atoms with Crippen LogP contribution < -0.4 is 11.1 Å². The molecule has 0 bridgehead atoms. The number of hydrogen-bond acceptors (Lipinski definition) is 5. The number of carboxylic acids is 1. The van der Waals surface area contributed by atoms with Crippen LogP contribution in [0.15, 0.2) is 24.3 Å². The van der Waals surface area contributed by atoms with Crippen LogP contribution in [0.2, 0.25) is 0 Å². The van der Waals surface area contributed by atoms with Crippen LogP contribution in [0, 0.1) is 30.6 Å². The molecule has 10 nitrogen and oxygen atoms in total. The first-order chi connectivity index (χ1) is 22.7. The van der Waals surface area contributed by atoms with Gasteiger partial charge >= 0.3 is 12.1 Å². The summed E-state index contributed by atoms with van der Waals surface area (Å²) in [5.41, 5.74) is 5.80. The number of carbonyl (C=O) groups is 4. The lowest BCUT2D eigenvalue weighted by atomic mass is 9.68. The number of hydrogen-bond donors (Lipinski definition) is 3. The molecule has 1 aromatic heterocycles. The predicted molar refractivity (Wildman–Crippen MR) is 181 cm³/mol. The molecule has 2 heterocycles. The monoisotopic (exact) mass is 668 g/mol. The number of benzene rings is 1. The van der Waals surface area contributed by atoms with Gasteiger partial charge in [-0.15, -0.1) is 0 Å². The van der Waals surface area contributed by atoms with E-state index in [0.717, 1.165) is 37.5 Å². The van der Waals surface area contributed by atoms with Crippen LogP contribution in [0.1, 0.15) is 121 Å². The van der Waals surface area contributed by atoms with Crippen LogP contribution in [-0.4, -0.2) is 62.3 Å². The fourth-order valence-corrected chi connectivity index (χ4v) is 9.27. The van der Waals surface area contributed by atoms with Gasteiger partial charge in [-0.3, -0.25) is 9.59 Å². The second-order valence-electron chi connectivity index (χ2n) is 15.3. The number of likely N-dealkylation sites (tertiary alicyclic amines) is 1. The maximum Gasteiger partial charge on any atom is 0.407 e. The zero-order valence-electron chi connectivity index (χ0n) is 29.1. The Balaban J connectivity index is 1.52. The third-order valence-electron chi connectivity index (χ3n) is 11.5. The molecule has 3 amide bonds. The first-order valence-corrected chi connectivity index (χ1v) is 17.8. The number of carbonyl (C=O) groups excluding carboxylic acids is 3. The zero-order valence-corrected chi connectivity index (χ0v) is 29.1. The maximum absolute atomic E-state index is 15.0. The smallest absolute Gasteiger partial charge is 0.407 e. The van der Waals surface area contributed by atoms with Gasteiger partial charge in [0.15, 0.2) is 0 Å². The van der Waals surface area contributed by atoms with Gasteiger partial charge in [-0.1, -0.05) is 57.2 Å². The number of nitrogens with two attached hydrogens (primary N) is 1. The van der Waals surface area contributed by atoms with Gasteiger partial charge in [-0.05, 0) is 95.6 Å². The Bertz CT molecular complexity index is 1520. The highest BCUT2D eigenvalue weighted by Crippen LogP contribution is 2.54. The third kappa shape index (κ3) is 6.53. The Kier molecular flexibility index (Phi) is 10.5. The van der Waals surface area contributed by atoms with Crippen LogP contribution in [0.4, 0.5) is 9.18 Å². The molecular weight excluding hydrogens is 615 g/mol. The molecule has 2 unspecified atom stereocenters. The quantitative estimate of drug-likeness (QED) is 0.266. The molecule has 2 aliphatic carbocycles. The summed E-state index contributed by atoms with van der Waals surface area (Å²) in [6.45, 7) is 8.19. The molecule has 2 saturated carbocycles. The number of alkyl halides is 1. The number of aryl methyl sites for hydroxylation is 1. The average molecular weight is 669 g/mol. The van der Waals surface area contributed by atoms with Crippen molar-refractivity contribution in [2.75, 3.05) is 6.67 Å². The molecule has 1 aliphatic heterocycles. The van der Waals surface area contributed by atoms with E-state index in [1.54, 1.807) is 37.2 Å². The van der Waals surface area contributed by atoms with Crippen molar-refractivity contribution in [3.8, 4) is 0 Å². The number of primary amides is 1.